The molecule has 1 rings (SSSR count). The Bertz CT molecular complexity index is 781. The van der Waals surface area contributed by atoms with E-state index in [9.17, 15) is 21.6 Å². The molecular formula is C14H19NO7S2. The topological polar surface area (TPSA) is 116 Å². The van der Waals surface area contributed by atoms with E-state index in [0.29, 0.717) is 0 Å². The summed E-state index contributed by atoms with van der Waals surface area (Å²) in [5.74, 6) is -0.764. The summed E-state index contributed by atoms with van der Waals surface area (Å²) >= 11 is 0. The first-order valence-electron chi connectivity index (χ1n) is 6.81. The van der Waals surface area contributed by atoms with Crippen molar-refractivity contribution in [2.75, 3.05) is 26.0 Å². The van der Waals surface area contributed by atoms with Crippen molar-refractivity contribution >= 4 is 26.1 Å². The normalized spacial score (nSPS) is 12.4. The van der Waals surface area contributed by atoms with Gasteiger partial charge in [-0.3, -0.25) is 8.98 Å². The Labute approximate surface area is 141 Å². The molecule has 0 aliphatic rings. The minimum atomic E-state index is -3.78. The van der Waals surface area contributed by atoms with Crippen molar-refractivity contribution in [2.24, 2.45) is 0 Å². The first kappa shape index (κ1) is 20.3. The highest BCUT2D eigenvalue weighted by molar-refractivity contribution is 7.89. The van der Waals surface area contributed by atoms with Crippen molar-refractivity contribution in [1.29, 1.82) is 0 Å². The van der Waals surface area contributed by atoms with Gasteiger partial charge >= 0.3 is 5.97 Å². The van der Waals surface area contributed by atoms with Gasteiger partial charge in [-0.15, -0.1) is 0 Å². The molecule has 0 fully saturated rings. The number of carbonyl (C=O) groups excluding carboxylic acids is 1. The van der Waals surface area contributed by atoms with E-state index in [2.05, 4.69) is 8.91 Å². The number of nitrogens with one attached hydrogen (secondary N) is 1. The summed E-state index contributed by atoms with van der Waals surface area (Å²) in [4.78, 5) is 11.5. The monoisotopic (exact) mass is 377 g/mol. The van der Waals surface area contributed by atoms with E-state index in [0.717, 1.165) is 11.8 Å². The second-order valence-electron chi connectivity index (χ2n) is 4.78. The maximum atomic E-state index is 12.0. The zero-order valence-electron chi connectivity index (χ0n) is 13.3. The number of rotatable bonds is 9. The van der Waals surface area contributed by atoms with Crippen molar-refractivity contribution < 1.29 is 30.6 Å². The van der Waals surface area contributed by atoms with Crippen LogP contribution in [-0.2, 0) is 33.9 Å². The Balaban J connectivity index is 2.35. The summed E-state index contributed by atoms with van der Waals surface area (Å²) in [7, 11) is -7.30. The van der Waals surface area contributed by atoms with Crippen LogP contribution < -0.4 is 4.72 Å². The van der Waals surface area contributed by atoms with E-state index in [1.54, 1.807) is 12.1 Å². The number of hydrogen-bond donors (Lipinski definition) is 1. The number of sulfonamides is 1. The van der Waals surface area contributed by atoms with Crippen molar-refractivity contribution in [1.82, 2.24) is 4.72 Å². The number of esters is 1. The second kappa shape index (κ2) is 8.92. The van der Waals surface area contributed by atoms with Crippen LogP contribution in [0.5, 0.6) is 0 Å². The zero-order valence-corrected chi connectivity index (χ0v) is 14.9. The SMILES string of the molecule is Cc1ccc(S(=O)(=O)NCC(=O)OC/C=C\COS(C)(=O)=O)cc1. The molecule has 0 saturated heterocycles. The highest BCUT2D eigenvalue weighted by Gasteiger charge is 2.15. The standard InChI is InChI=1S/C14H19NO7S2/c1-12-5-7-13(8-6-12)24(19,20)15-11-14(16)21-9-3-4-10-22-23(2,17)18/h3-8,15H,9-11H2,1-2H3/b4-3-. The van der Waals surface area contributed by atoms with Crippen LogP contribution in [0.4, 0.5) is 0 Å². The number of hydrogen-bond acceptors (Lipinski definition) is 7. The maximum Gasteiger partial charge on any atom is 0.321 e. The largest absolute Gasteiger partial charge is 0.460 e. The molecule has 8 nitrogen and oxygen atoms in total. The first-order chi connectivity index (χ1) is 11.1. The number of ether oxygens (including phenoxy) is 1. The van der Waals surface area contributed by atoms with Gasteiger partial charge in [0.05, 0.1) is 17.8 Å². The quantitative estimate of drug-likeness (QED) is 0.375. The van der Waals surface area contributed by atoms with Crippen LogP contribution in [-0.4, -0.2) is 48.8 Å². The Hall–Kier alpha value is -1.75. The Morgan fingerprint density at radius 3 is 2.25 bits per heavy atom. The summed E-state index contributed by atoms with van der Waals surface area (Å²) in [5, 5.41) is 0. The third-order valence-corrected chi connectivity index (χ3v) is 4.60. The molecule has 0 spiro atoms. The van der Waals surface area contributed by atoms with Crippen molar-refractivity contribution in [3.05, 3.63) is 42.0 Å². The van der Waals surface area contributed by atoms with E-state index < -0.39 is 32.7 Å². The Morgan fingerprint density at radius 1 is 1.08 bits per heavy atom. The van der Waals surface area contributed by atoms with E-state index in [-0.39, 0.29) is 18.1 Å². The molecule has 1 N–H and O–H groups in total. The summed E-state index contributed by atoms with van der Waals surface area (Å²) in [6.07, 6.45) is 3.67. The third-order valence-electron chi connectivity index (χ3n) is 2.62. The highest BCUT2D eigenvalue weighted by atomic mass is 32.2. The molecule has 10 heteroatoms. The fraction of sp³-hybridized carbons (Fsp3) is 0.357. The molecule has 134 valence electrons. The number of aryl methyl sites for hydroxylation is 1. The van der Waals surface area contributed by atoms with Gasteiger partial charge in [0.2, 0.25) is 10.0 Å². The van der Waals surface area contributed by atoms with Crippen LogP contribution in [0.3, 0.4) is 0 Å². The Kier molecular flexibility index (Phi) is 7.55. The summed E-state index contributed by atoms with van der Waals surface area (Å²) < 4.78 is 56.6. The van der Waals surface area contributed by atoms with Crippen molar-refractivity contribution in [2.45, 2.75) is 11.8 Å². The van der Waals surface area contributed by atoms with E-state index in [1.807, 2.05) is 6.92 Å². The van der Waals surface area contributed by atoms with Gasteiger partial charge in [0.25, 0.3) is 10.1 Å². The van der Waals surface area contributed by atoms with Gasteiger partial charge in [-0.25, -0.2) is 8.42 Å². The molecule has 0 aliphatic carbocycles. The minimum Gasteiger partial charge on any atom is -0.460 e. The van der Waals surface area contributed by atoms with E-state index in [1.165, 1.54) is 24.3 Å². The average Bonchev–Trinajstić information content (AvgIpc) is 2.48. The maximum absolute atomic E-state index is 12.0. The second-order valence-corrected chi connectivity index (χ2v) is 8.19. The van der Waals surface area contributed by atoms with Gasteiger partial charge in [-0.05, 0) is 25.1 Å². The van der Waals surface area contributed by atoms with Crippen LogP contribution in [0.1, 0.15) is 5.56 Å². The lowest BCUT2D eigenvalue weighted by atomic mass is 10.2. The van der Waals surface area contributed by atoms with Gasteiger partial charge in [0.15, 0.2) is 0 Å². The lowest BCUT2D eigenvalue weighted by Crippen LogP contribution is -2.30. The van der Waals surface area contributed by atoms with Gasteiger partial charge < -0.3 is 4.74 Å². The molecule has 0 atom stereocenters. The fourth-order valence-corrected chi connectivity index (χ4v) is 2.74. The summed E-state index contributed by atoms with van der Waals surface area (Å²) in [6.45, 7) is 1.02. The molecule has 0 radical (unpaired) electrons. The van der Waals surface area contributed by atoms with Crippen LogP contribution >= 0.6 is 0 Å². The Morgan fingerprint density at radius 2 is 1.67 bits per heavy atom. The zero-order chi connectivity index (χ0) is 18.2. The molecule has 0 aliphatic heterocycles. The third kappa shape index (κ3) is 8.20. The minimum absolute atomic E-state index is 0.0544. The summed E-state index contributed by atoms with van der Waals surface area (Å²) in [5.41, 5.74) is 0.917. The van der Waals surface area contributed by atoms with E-state index >= 15 is 0 Å². The molecule has 0 saturated carbocycles. The van der Waals surface area contributed by atoms with Crippen molar-refractivity contribution in [3.63, 3.8) is 0 Å². The molecule has 1 aromatic rings. The van der Waals surface area contributed by atoms with Gasteiger partial charge in [0, 0.05) is 0 Å². The van der Waals surface area contributed by atoms with Crippen LogP contribution in [0.25, 0.3) is 0 Å². The number of benzene rings is 1. The van der Waals surface area contributed by atoms with Crippen LogP contribution in [0.15, 0.2) is 41.3 Å². The molecule has 0 aromatic heterocycles. The molecule has 1 aromatic carbocycles. The van der Waals surface area contributed by atoms with Gasteiger partial charge in [-0.1, -0.05) is 23.8 Å². The first-order valence-corrected chi connectivity index (χ1v) is 10.1. The highest BCUT2D eigenvalue weighted by Crippen LogP contribution is 2.09. The molecule has 0 heterocycles. The lowest BCUT2D eigenvalue weighted by molar-refractivity contribution is -0.140. The van der Waals surface area contributed by atoms with Crippen molar-refractivity contribution in [3.8, 4) is 0 Å². The molecule has 0 unspecified atom stereocenters. The predicted octanol–water partition coefficient (Wildman–Crippen LogP) is 0.349. The molecule has 24 heavy (non-hydrogen) atoms. The fourth-order valence-electron chi connectivity index (χ4n) is 1.45. The van der Waals surface area contributed by atoms with Crippen LogP contribution in [0.2, 0.25) is 0 Å². The van der Waals surface area contributed by atoms with Gasteiger partial charge in [-0.2, -0.15) is 13.1 Å². The summed E-state index contributed by atoms with van der Waals surface area (Å²) in [6, 6.07) is 6.17. The molecular weight excluding hydrogens is 358 g/mol. The van der Waals surface area contributed by atoms with E-state index in [4.69, 9.17) is 4.74 Å². The number of carbonyl (C=O) groups is 1. The average molecular weight is 377 g/mol. The molecule has 0 amide bonds. The molecule has 0 bridgehead atoms. The van der Waals surface area contributed by atoms with Gasteiger partial charge in [0.1, 0.15) is 13.2 Å². The smallest absolute Gasteiger partial charge is 0.321 e. The van der Waals surface area contributed by atoms with Crippen LogP contribution in [0, 0.1) is 6.92 Å². The predicted molar refractivity (Wildman–Crippen MR) is 87.3 cm³/mol. The lowest BCUT2D eigenvalue weighted by Gasteiger charge is -2.06.